The molecule has 4 unspecified atom stereocenters. The quantitative estimate of drug-likeness (QED) is 0.809. The maximum absolute atomic E-state index is 13.0. The van der Waals surface area contributed by atoms with Crippen LogP contribution in [-0.2, 0) is 4.79 Å². The molecule has 0 radical (unpaired) electrons. The summed E-state index contributed by atoms with van der Waals surface area (Å²) in [6, 6.07) is 10.7. The molecule has 0 saturated carbocycles. The van der Waals surface area contributed by atoms with E-state index in [1.807, 2.05) is 23.1 Å². The third kappa shape index (κ3) is 2.94. The number of alkyl halides is 1. The number of carbonyl (C=O) groups excluding carboxylic acids is 1. The molecule has 2 saturated heterocycles. The Morgan fingerprint density at radius 1 is 1.27 bits per heavy atom. The molecule has 3 rings (SSSR count). The monoisotopic (exact) mass is 365 g/mol. The number of hydrogen-bond donors (Lipinski definition) is 2. The van der Waals surface area contributed by atoms with Crippen LogP contribution in [0.3, 0.4) is 0 Å². The van der Waals surface area contributed by atoms with E-state index in [0.717, 1.165) is 19.4 Å². The van der Waals surface area contributed by atoms with Crippen LogP contribution in [0.15, 0.2) is 30.3 Å². The van der Waals surface area contributed by atoms with Crippen LogP contribution >= 0.6 is 15.9 Å². The highest BCUT2D eigenvalue weighted by Gasteiger charge is 2.43. The lowest BCUT2D eigenvalue weighted by Crippen LogP contribution is -2.47. The van der Waals surface area contributed by atoms with E-state index in [-0.39, 0.29) is 28.9 Å². The first kappa shape index (κ1) is 16.0. The SMILES string of the molecule is CC(C)C1NNC(C(=O)N2CCCC2c2ccccc2)C1Br. The molecule has 0 aliphatic carbocycles. The summed E-state index contributed by atoms with van der Waals surface area (Å²) in [7, 11) is 0. The largest absolute Gasteiger partial charge is 0.334 e. The smallest absolute Gasteiger partial charge is 0.242 e. The number of carbonyl (C=O) groups is 1. The number of benzene rings is 1. The fourth-order valence-corrected chi connectivity index (χ4v) is 4.62. The van der Waals surface area contributed by atoms with Crippen LogP contribution in [0.4, 0.5) is 0 Å². The van der Waals surface area contributed by atoms with E-state index in [0.29, 0.717) is 5.92 Å². The fourth-order valence-electron chi connectivity index (χ4n) is 3.52. The van der Waals surface area contributed by atoms with Gasteiger partial charge in [-0.25, -0.2) is 5.43 Å². The molecule has 2 aliphatic heterocycles. The average molecular weight is 366 g/mol. The van der Waals surface area contributed by atoms with Crippen molar-refractivity contribution in [1.29, 1.82) is 0 Å². The van der Waals surface area contributed by atoms with Crippen molar-refractivity contribution in [2.45, 2.75) is 49.6 Å². The van der Waals surface area contributed by atoms with E-state index >= 15 is 0 Å². The normalized spacial score (nSPS) is 31.9. The summed E-state index contributed by atoms with van der Waals surface area (Å²) in [6.45, 7) is 5.19. The van der Waals surface area contributed by atoms with Gasteiger partial charge in [0.15, 0.2) is 0 Å². The van der Waals surface area contributed by atoms with Gasteiger partial charge in [-0.15, -0.1) is 0 Å². The van der Waals surface area contributed by atoms with Crippen molar-refractivity contribution in [1.82, 2.24) is 15.8 Å². The zero-order valence-electron chi connectivity index (χ0n) is 13.1. The lowest BCUT2D eigenvalue weighted by atomic mass is 9.98. The Kier molecular flexibility index (Phi) is 4.85. The van der Waals surface area contributed by atoms with E-state index in [1.54, 1.807) is 0 Å². The van der Waals surface area contributed by atoms with Crippen LogP contribution in [0, 0.1) is 5.92 Å². The van der Waals surface area contributed by atoms with Gasteiger partial charge in [0.2, 0.25) is 5.91 Å². The molecule has 2 fully saturated rings. The van der Waals surface area contributed by atoms with Gasteiger partial charge in [-0.3, -0.25) is 10.2 Å². The summed E-state index contributed by atoms with van der Waals surface area (Å²) in [4.78, 5) is 15.2. The Bertz CT molecular complexity index is 522. The van der Waals surface area contributed by atoms with Crippen molar-refractivity contribution < 1.29 is 4.79 Å². The van der Waals surface area contributed by atoms with Gasteiger partial charge in [0, 0.05) is 12.6 Å². The zero-order valence-corrected chi connectivity index (χ0v) is 14.7. The van der Waals surface area contributed by atoms with Crippen LogP contribution in [0.5, 0.6) is 0 Å². The average Bonchev–Trinajstić information content (AvgIpc) is 3.14. The highest BCUT2D eigenvalue weighted by Crippen LogP contribution is 2.34. The summed E-state index contributed by atoms with van der Waals surface area (Å²) in [5, 5.41) is 0. The molecule has 1 aromatic carbocycles. The minimum atomic E-state index is -0.197. The first-order valence-corrected chi connectivity index (χ1v) is 9.01. The molecule has 2 N–H and O–H groups in total. The van der Waals surface area contributed by atoms with E-state index in [9.17, 15) is 4.79 Å². The highest BCUT2D eigenvalue weighted by atomic mass is 79.9. The molecule has 4 nitrogen and oxygen atoms in total. The molecule has 2 heterocycles. The Balaban J connectivity index is 1.74. The van der Waals surface area contributed by atoms with E-state index in [4.69, 9.17) is 0 Å². The third-order valence-corrected chi connectivity index (χ3v) is 5.87. The van der Waals surface area contributed by atoms with Crippen molar-refractivity contribution >= 4 is 21.8 Å². The van der Waals surface area contributed by atoms with Crippen molar-refractivity contribution in [2.24, 2.45) is 5.92 Å². The van der Waals surface area contributed by atoms with Crippen molar-refractivity contribution in [2.75, 3.05) is 6.54 Å². The molecule has 1 amide bonds. The second-order valence-electron chi connectivity index (χ2n) is 6.58. The number of amides is 1. The molecular weight excluding hydrogens is 342 g/mol. The van der Waals surface area contributed by atoms with Gasteiger partial charge in [0.1, 0.15) is 6.04 Å². The number of nitrogens with zero attached hydrogens (tertiary/aromatic N) is 1. The van der Waals surface area contributed by atoms with Gasteiger partial charge in [0.05, 0.1) is 10.9 Å². The number of hydrazine groups is 1. The lowest BCUT2D eigenvalue weighted by molar-refractivity contribution is -0.134. The Morgan fingerprint density at radius 2 is 2.00 bits per heavy atom. The lowest BCUT2D eigenvalue weighted by Gasteiger charge is -2.29. The van der Waals surface area contributed by atoms with Gasteiger partial charge in [-0.1, -0.05) is 60.1 Å². The Morgan fingerprint density at radius 3 is 2.64 bits per heavy atom. The van der Waals surface area contributed by atoms with E-state index in [2.05, 4.69) is 52.8 Å². The Hall–Kier alpha value is -0.910. The zero-order chi connectivity index (χ0) is 15.7. The van der Waals surface area contributed by atoms with E-state index < -0.39 is 0 Å². The van der Waals surface area contributed by atoms with Gasteiger partial charge < -0.3 is 4.90 Å². The van der Waals surface area contributed by atoms with Crippen LogP contribution in [0.1, 0.15) is 38.3 Å². The van der Waals surface area contributed by atoms with Gasteiger partial charge >= 0.3 is 0 Å². The molecule has 22 heavy (non-hydrogen) atoms. The van der Waals surface area contributed by atoms with Crippen LogP contribution < -0.4 is 10.9 Å². The summed E-state index contributed by atoms with van der Waals surface area (Å²) >= 11 is 3.72. The molecule has 4 atom stereocenters. The second-order valence-corrected chi connectivity index (χ2v) is 7.64. The number of nitrogens with one attached hydrogen (secondary N) is 2. The summed E-state index contributed by atoms with van der Waals surface area (Å²) in [5.41, 5.74) is 7.71. The molecule has 0 bridgehead atoms. The molecule has 2 aliphatic rings. The van der Waals surface area contributed by atoms with Gasteiger partial charge in [0.25, 0.3) is 0 Å². The number of likely N-dealkylation sites (tertiary alicyclic amines) is 1. The summed E-state index contributed by atoms with van der Waals surface area (Å²) < 4.78 is 0. The van der Waals surface area contributed by atoms with Crippen molar-refractivity contribution in [3.8, 4) is 0 Å². The third-order valence-electron chi connectivity index (χ3n) is 4.77. The molecule has 0 aromatic heterocycles. The van der Waals surface area contributed by atoms with E-state index in [1.165, 1.54) is 5.56 Å². The van der Waals surface area contributed by atoms with Crippen LogP contribution in [0.25, 0.3) is 0 Å². The first-order chi connectivity index (χ1) is 10.6. The van der Waals surface area contributed by atoms with Gasteiger partial charge in [-0.2, -0.15) is 0 Å². The van der Waals surface area contributed by atoms with Crippen molar-refractivity contribution in [3.05, 3.63) is 35.9 Å². The van der Waals surface area contributed by atoms with Crippen LogP contribution in [-0.4, -0.2) is 34.3 Å². The van der Waals surface area contributed by atoms with Crippen LogP contribution in [0.2, 0.25) is 0 Å². The number of hydrogen-bond acceptors (Lipinski definition) is 3. The maximum atomic E-state index is 13.0. The first-order valence-electron chi connectivity index (χ1n) is 8.10. The second kappa shape index (κ2) is 6.69. The molecule has 1 aromatic rings. The minimum absolute atomic E-state index is 0.122. The predicted molar refractivity (Wildman–Crippen MR) is 91.5 cm³/mol. The molecular formula is C17H24BrN3O. The summed E-state index contributed by atoms with van der Waals surface area (Å²) in [5.74, 6) is 0.669. The Labute approximate surface area is 140 Å². The summed E-state index contributed by atoms with van der Waals surface area (Å²) in [6.07, 6.45) is 2.13. The molecule has 5 heteroatoms. The standard InChI is InChI=1S/C17H24BrN3O/c1-11(2)15-14(18)16(20-19-15)17(22)21-10-6-9-13(21)12-7-4-3-5-8-12/h3-5,7-8,11,13-16,19-20H,6,9-10H2,1-2H3. The topological polar surface area (TPSA) is 44.4 Å². The predicted octanol–water partition coefficient (Wildman–Crippen LogP) is 2.61. The highest BCUT2D eigenvalue weighted by molar-refractivity contribution is 9.09. The fraction of sp³-hybridized carbons (Fsp3) is 0.588. The number of halogens is 1. The molecule has 0 spiro atoms. The van der Waals surface area contributed by atoms with Crippen molar-refractivity contribution in [3.63, 3.8) is 0 Å². The van der Waals surface area contributed by atoms with Gasteiger partial charge in [-0.05, 0) is 24.3 Å². The molecule has 120 valence electrons. The maximum Gasteiger partial charge on any atom is 0.242 e. The minimum Gasteiger partial charge on any atom is -0.334 e. The number of rotatable bonds is 3.